The summed E-state index contributed by atoms with van der Waals surface area (Å²) in [6.07, 6.45) is 1.38. The molecule has 3 heterocycles. The zero-order valence-electron chi connectivity index (χ0n) is 21.9. The molecule has 2 aromatic heterocycles. The van der Waals surface area contributed by atoms with Gasteiger partial charge in [0.05, 0.1) is 12.9 Å². The predicted molar refractivity (Wildman–Crippen MR) is 138 cm³/mol. The van der Waals surface area contributed by atoms with Gasteiger partial charge >= 0.3 is 0 Å². The first-order valence-electron chi connectivity index (χ1n) is 12.0. The summed E-state index contributed by atoms with van der Waals surface area (Å²) < 4.78 is 26.4. The van der Waals surface area contributed by atoms with E-state index in [-0.39, 0.29) is 23.2 Å². The van der Waals surface area contributed by atoms with E-state index in [0.29, 0.717) is 29.2 Å². The number of nitrogens with one attached hydrogen (secondary N) is 1. The number of benzene rings is 1. The summed E-state index contributed by atoms with van der Waals surface area (Å²) in [5.74, 6) is 0.0436. The largest absolute Gasteiger partial charge is 0.408 e. The highest BCUT2D eigenvalue weighted by atomic mass is 28.4. The Bertz CT molecular complexity index is 1200. The molecule has 0 radical (unpaired) electrons. The Hall–Kier alpha value is -2.70. The highest BCUT2D eigenvalue weighted by molar-refractivity contribution is 6.74. The van der Waals surface area contributed by atoms with Crippen LogP contribution in [0.4, 0.5) is 5.82 Å². The number of aromatic nitrogens is 4. The van der Waals surface area contributed by atoms with E-state index >= 15 is 0 Å². The van der Waals surface area contributed by atoms with Crippen molar-refractivity contribution in [2.45, 2.75) is 63.4 Å². The SMILES string of the molecule is COC[C@H]1O[C@@H](n2cnc3c(NC(=O)c4ccccc4)ncnc32)[C@H](OC)[C@@H]1O[Si](C)(C)C(C)(C)C. The average molecular weight is 514 g/mol. The maximum atomic E-state index is 12.7. The second-order valence-corrected chi connectivity index (χ2v) is 15.2. The lowest BCUT2D eigenvalue weighted by Gasteiger charge is -2.40. The van der Waals surface area contributed by atoms with E-state index in [1.165, 1.54) is 6.33 Å². The van der Waals surface area contributed by atoms with Crippen molar-refractivity contribution in [1.82, 2.24) is 19.5 Å². The van der Waals surface area contributed by atoms with Crippen LogP contribution in [0.3, 0.4) is 0 Å². The number of rotatable bonds is 8. The molecule has 4 atom stereocenters. The van der Waals surface area contributed by atoms with E-state index < -0.39 is 20.6 Å². The number of carbonyl (C=O) groups excluding carboxylic acids is 1. The average Bonchev–Trinajstić information content (AvgIpc) is 3.41. The molecule has 0 spiro atoms. The molecule has 1 amide bonds. The van der Waals surface area contributed by atoms with Crippen LogP contribution < -0.4 is 5.32 Å². The lowest BCUT2D eigenvalue weighted by atomic mass is 10.1. The number of amides is 1. The maximum Gasteiger partial charge on any atom is 0.256 e. The normalized spacial score (nSPS) is 22.8. The number of methoxy groups -OCH3 is 2. The molecular weight excluding hydrogens is 478 g/mol. The van der Waals surface area contributed by atoms with Crippen LogP contribution in [0.15, 0.2) is 43.0 Å². The van der Waals surface area contributed by atoms with Crippen LogP contribution in [0.2, 0.25) is 18.1 Å². The Balaban J connectivity index is 1.66. The van der Waals surface area contributed by atoms with Gasteiger partial charge in [0.25, 0.3) is 5.91 Å². The minimum absolute atomic E-state index is 0.0157. The summed E-state index contributed by atoms with van der Waals surface area (Å²) in [5.41, 5.74) is 1.50. The fraction of sp³-hybridized carbons (Fsp3) is 0.520. The first-order valence-corrected chi connectivity index (χ1v) is 14.9. The van der Waals surface area contributed by atoms with Crippen molar-refractivity contribution in [3.8, 4) is 0 Å². The van der Waals surface area contributed by atoms with Gasteiger partial charge in [0, 0.05) is 19.8 Å². The summed E-state index contributed by atoms with van der Waals surface area (Å²) >= 11 is 0. The Morgan fingerprint density at radius 1 is 1.11 bits per heavy atom. The molecule has 1 aliphatic rings. The van der Waals surface area contributed by atoms with Crippen LogP contribution in [0, 0.1) is 0 Å². The molecule has 1 saturated heterocycles. The third-order valence-electron chi connectivity index (χ3n) is 7.03. The van der Waals surface area contributed by atoms with Crippen molar-refractivity contribution in [2.75, 3.05) is 26.1 Å². The van der Waals surface area contributed by atoms with Gasteiger partial charge in [0.15, 0.2) is 31.5 Å². The summed E-state index contributed by atoms with van der Waals surface area (Å²) in [5, 5.41) is 2.85. The van der Waals surface area contributed by atoms with Gasteiger partial charge in [0.2, 0.25) is 0 Å². The number of anilines is 1. The first-order chi connectivity index (χ1) is 17.1. The standard InChI is InChI=1S/C25H35N5O5Si/c1-25(2,3)36(6,7)35-19-17(13-32-4)34-24(20(19)33-5)30-15-28-18-21(26-14-27-22(18)30)29-23(31)16-11-9-8-10-12-16/h8-12,14-15,17,19-20,24H,13H2,1-7H3,(H,26,27,29,31)/t17-,19-,20-,24-/m1/s1. The zero-order valence-corrected chi connectivity index (χ0v) is 22.9. The number of nitrogens with zero attached hydrogens (tertiary/aromatic N) is 4. The summed E-state index contributed by atoms with van der Waals surface area (Å²) in [6.45, 7) is 11.4. The minimum Gasteiger partial charge on any atom is -0.408 e. The van der Waals surface area contributed by atoms with Crippen LogP contribution in [-0.2, 0) is 18.6 Å². The van der Waals surface area contributed by atoms with Crippen LogP contribution in [-0.4, -0.2) is 72.9 Å². The highest BCUT2D eigenvalue weighted by Crippen LogP contribution is 2.42. The summed E-state index contributed by atoms with van der Waals surface area (Å²) in [6, 6.07) is 8.94. The smallest absolute Gasteiger partial charge is 0.256 e. The number of carbonyl (C=O) groups is 1. The molecule has 0 aliphatic carbocycles. The van der Waals surface area contributed by atoms with Crippen molar-refractivity contribution in [2.24, 2.45) is 0 Å². The van der Waals surface area contributed by atoms with Crippen molar-refractivity contribution in [3.05, 3.63) is 48.5 Å². The number of imidazole rings is 1. The number of hydrogen-bond acceptors (Lipinski definition) is 8. The Kier molecular flexibility index (Phi) is 7.58. The van der Waals surface area contributed by atoms with Crippen LogP contribution in [0.1, 0.15) is 37.4 Å². The maximum absolute atomic E-state index is 12.7. The van der Waals surface area contributed by atoms with Crippen molar-refractivity contribution < 1.29 is 23.4 Å². The lowest BCUT2D eigenvalue weighted by Crippen LogP contribution is -2.50. The van der Waals surface area contributed by atoms with Gasteiger partial charge in [-0.05, 0) is 30.3 Å². The predicted octanol–water partition coefficient (Wildman–Crippen LogP) is 4.03. The molecule has 1 aromatic carbocycles. The Morgan fingerprint density at radius 2 is 1.83 bits per heavy atom. The third-order valence-corrected chi connectivity index (χ3v) is 11.5. The zero-order chi connectivity index (χ0) is 26.1. The summed E-state index contributed by atoms with van der Waals surface area (Å²) in [7, 11) is 1.15. The van der Waals surface area contributed by atoms with Crippen LogP contribution in [0.5, 0.6) is 0 Å². The molecule has 11 heteroatoms. The van der Waals surface area contributed by atoms with Gasteiger partial charge in [-0.25, -0.2) is 15.0 Å². The molecule has 10 nitrogen and oxygen atoms in total. The van der Waals surface area contributed by atoms with Crippen molar-refractivity contribution in [1.29, 1.82) is 0 Å². The van der Waals surface area contributed by atoms with Crippen molar-refractivity contribution in [3.63, 3.8) is 0 Å². The van der Waals surface area contributed by atoms with Crippen LogP contribution in [0.25, 0.3) is 11.2 Å². The second-order valence-electron chi connectivity index (χ2n) is 10.4. The summed E-state index contributed by atoms with van der Waals surface area (Å²) in [4.78, 5) is 25.9. The van der Waals surface area contributed by atoms with Crippen molar-refractivity contribution >= 4 is 31.2 Å². The molecule has 0 saturated carbocycles. The first kappa shape index (κ1) is 26.4. The molecule has 36 heavy (non-hydrogen) atoms. The second kappa shape index (κ2) is 10.3. The van der Waals surface area contributed by atoms with Gasteiger partial charge in [-0.3, -0.25) is 9.36 Å². The van der Waals surface area contributed by atoms with Gasteiger partial charge in [-0.15, -0.1) is 0 Å². The fourth-order valence-electron chi connectivity index (χ4n) is 4.04. The van der Waals surface area contributed by atoms with Gasteiger partial charge in [0.1, 0.15) is 24.6 Å². The fourth-order valence-corrected chi connectivity index (χ4v) is 5.36. The molecule has 0 unspecified atom stereocenters. The van der Waals surface area contributed by atoms with Crippen LogP contribution >= 0.6 is 0 Å². The van der Waals surface area contributed by atoms with E-state index in [1.807, 2.05) is 6.07 Å². The minimum atomic E-state index is -2.14. The number of hydrogen-bond donors (Lipinski definition) is 1. The van der Waals surface area contributed by atoms with Gasteiger partial charge in [-0.1, -0.05) is 39.0 Å². The van der Waals surface area contributed by atoms with E-state index in [1.54, 1.807) is 49.4 Å². The Labute approximate surface area is 212 Å². The molecule has 1 fully saturated rings. The molecular formula is C25H35N5O5Si. The molecule has 3 aromatic rings. The van der Waals surface area contributed by atoms with E-state index in [0.717, 1.165) is 0 Å². The monoisotopic (exact) mass is 513 g/mol. The van der Waals surface area contributed by atoms with E-state index in [9.17, 15) is 4.79 Å². The van der Waals surface area contributed by atoms with Gasteiger partial charge < -0.3 is 24.0 Å². The van der Waals surface area contributed by atoms with Gasteiger partial charge in [-0.2, -0.15) is 0 Å². The molecule has 1 aliphatic heterocycles. The third kappa shape index (κ3) is 5.07. The molecule has 1 N–H and O–H groups in total. The molecule has 4 rings (SSSR count). The molecule has 194 valence electrons. The number of ether oxygens (including phenoxy) is 3. The Morgan fingerprint density at radius 3 is 2.47 bits per heavy atom. The lowest BCUT2D eigenvalue weighted by molar-refractivity contribution is -0.0629. The topological polar surface area (TPSA) is 110 Å². The van der Waals surface area contributed by atoms with E-state index in [2.05, 4.69) is 54.1 Å². The number of fused-ring (bicyclic) bond motifs is 1. The molecule has 0 bridgehead atoms. The quantitative estimate of drug-likeness (QED) is 0.450. The van der Waals surface area contributed by atoms with E-state index in [4.69, 9.17) is 18.6 Å². The highest BCUT2D eigenvalue weighted by Gasteiger charge is 2.51.